The Hall–Kier alpha value is -0.610. The Balaban J connectivity index is 1.81. The van der Waals surface area contributed by atoms with Crippen molar-refractivity contribution in [3.63, 3.8) is 0 Å². The molecule has 1 atom stereocenters. The summed E-state index contributed by atoms with van der Waals surface area (Å²) in [6.07, 6.45) is 6.96. The standard InChI is InChI=1S/C12H22N2O2/c13-16-9-10-6-7-14(8-10)12(15)11-4-2-1-3-5-11/h10-11H,1-9,13H2. The van der Waals surface area contributed by atoms with E-state index in [1.807, 2.05) is 4.90 Å². The second kappa shape index (κ2) is 5.64. The summed E-state index contributed by atoms with van der Waals surface area (Å²) in [6, 6.07) is 0. The molecule has 16 heavy (non-hydrogen) atoms. The molecule has 1 aliphatic heterocycles. The highest BCUT2D eigenvalue weighted by Gasteiger charge is 2.31. The topological polar surface area (TPSA) is 55.6 Å². The molecule has 0 aromatic rings. The molecule has 4 nitrogen and oxygen atoms in total. The Morgan fingerprint density at radius 1 is 1.25 bits per heavy atom. The molecule has 1 saturated carbocycles. The van der Waals surface area contributed by atoms with E-state index >= 15 is 0 Å². The molecule has 1 amide bonds. The summed E-state index contributed by atoms with van der Waals surface area (Å²) in [5, 5.41) is 0. The molecule has 2 fully saturated rings. The number of likely N-dealkylation sites (tertiary alicyclic amines) is 1. The lowest BCUT2D eigenvalue weighted by molar-refractivity contribution is -0.135. The van der Waals surface area contributed by atoms with Crippen LogP contribution < -0.4 is 5.90 Å². The number of nitrogens with zero attached hydrogens (tertiary/aromatic N) is 1. The highest BCUT2D eigenvalue weighted by atomic mass is 16.6. The Morgan fingerprint density at radius 2 is 2.00 bits per heavy atom. The summed E-state index contributed by atoms with van der Waals surface area (Å²) in [6.45, 7) is 2.31. The Morgan fingerprint density at radius 3 is 2.69 bits per heavy atom. The van der Waals surface area contributed by atoms with Crippen LogP contribution in [0.1, 0.15) is 38.5 Å². The van der Waals surface area contributed by atoms with E-state index in [4.69, 9.17) is 5.90 Å². The minimum atomic E-state index is 0.297. The smallest absolute Gasteiger partial charge is 0.225 e. The second-order valence-corrected chi connectivity index (χ2v) is 5.11. The molecule has 0 spiro atoms. The number of nitrogens with two attached hydrogens (primary N) is 1. The van der Waals surface area contributed by atoms with E-state index in [1.54, 1.807) is 0 Å². The first-order valence-corrected chi connectivity index (χ1v) is 6.41. The van der Waals surface area contributed by atoms with Gasteiger partial charge in [-0.3, -0.25) is 4.79 Å². The van der Waals surface area contributed by atoms with Gasteiger partial charge in [0, 0.05) is 24.9 Å². The van der Waals surface area contributed by atoms with Crippen molar-refractivity contribution in [2.75, 3.05) is 19.7 Å². The number of carbonyl (C=O) groups excluding carboxylic acids is 1. The van der Waals surface area contributed by atoms with Crippen molar-refractivity contribution >= 4 is 5.91 Å². The van der Waals surface area contributed by atoms with E-state index in [9.17, 15) is 4.79 Å². The largest absolute Gasteiger partial charge is 0.342 e. The monoisotopic (exact) mass is 226 g/mol. The lowest BCUT2D eigenvalue weighted by Crippen LogP contribution is -2.35. The maximum Gasteiger partial charge on any atom is 0.225 e. The van der Waals surface area contributed by atoms with E-state index in [2.05, 4.69) is 4.84 Å². The molecular formula is C12H22N2O2. The molecule has 4 heteroatoms. The van der Waals surface area contributed by atoms with Gasteiger partial charge in [0.1, 0.15) is 0 Å². The zero-order valence-electron chi connectivity index (χ0n) is 9.86. The normalized spacial score (nSPS) is 27.3. The van der Waals surface area contributed by atoms with Crippen molar-refractivity contribution in [2.45, 2.75) is 38.5 Å². The third-order valence-corrected chi connectivity index (χ3v) is 3.88. The van der Waals surface area contributed by atoms with Crippen LogP contribution >= 0.6 is 0 Å². The van der Waals surface area contributed by atoms with Crippen LogP contribution in [0.5, 0.6) is 0 Å². The lowest BCUT2D eigenvalue weighted by Gasteiger charge is -2.26. The summed E-state index contributed by atoms with van der Waals surface area (Å²) in [7, 11) is 0. The highest BCUT2D eigenvalue weighted by molar-refractivity contribution is 5.79. The number of hydrogen-bond acceptors (Lipinski definition) is 3. The molecule has 1 heterocycles. The number of amides is 1. The van der Waals surface area contributed by atoms with Crippen molar-refractivity contribution in [3.8, 4) is 0 Å². The van der Waals surface area contributed by atoms with Crippen molar-refractivity contribution in [1.29, 1.82) is 0 Å². The second-order valence-electron chi connectivity index (χ2n) is 5.11. The summed E-state index contributed by atoms with van der Waals surface area (Å²) in [4.78, 5) is 18.9. The number of rotatable bonds is 3. The van der Waals surface area contributed by atoms with E-state index in [0.29, 0.717) is 24.3 Å². The average molecular weight is 226 g/mol. The zero-order chi connectivity index (χ0) is 11.4. The maximum atomic E-state index is 12.2. The molecule has 0 radical (unpaired) electrons. The molecule has 1 unspecified atom stereocenters. The summed E-state index contributed by atoms with van der Waals surface area (Å²) >= 11 is 0. The van der Waals surface area contributed by atoms with Crippen LogP contribution in [0.3, 0.4) is 0 Å². The van der Waals surface area contributed by atoms with Crippen molar-refractivity contribution in [3.05, 3.63) is 0 Å². The Labute approximate surface area is 97.1 Å². The summed E-state index contributed by atoms with van der Waals surface area (Å²) < 4.78 is 0. The van der Waals surface area contributed by atoms with Crippen molar-refractivity contribution < 1.29 is 9.63 Å². The van der Waals surface area contributed by atoms with Crippen molar-refractivity contribution in [1.82, 2.24) is 4.90 Å². The molecule has 0 aromatic heterocycles. The Kier molecular flexibility index (Phi) is 4.18. The van der Waals surface area contributed by atoms with E-state index in [0.717, 1.165) is 32.4 Å². The fourth-order valence-electron chi connectivity index (χ4n) is 2.91. The zero-order valence-corrected chi connectivity index (χ0v) is 9.86. The van der Waals surface area contributed by atoms with Gasteiger partial charge in [-0.15, -0.1) is 0 Å². The third-order valence-electron chi connectivity index (χ3n) is 3.88. The molecular weight excluding hydrogens is 204 g/mol. The first-order valence-electron chi connectivity index (χ1n) is 6.41. The third kappa shape index (κ3) is 2.74. The van der Waals surface area contributed by atoms with Crippen LogP contribution in [0.2, 0.25) is 0 Å². The minimum Gasteiger partial charge on any atom is -0.342 e. The average Bonchev–Trinajstić information content (AvgIpc) is 2.78. The van der Waals surface area contributed by atoms with Gasteiger partial charge in [-0.2, -0.15) is 0 Å². The molecule has 92 valence electrons. The van der Waals surface area contributed by atoms with Gasteiger partial charge in [-0.25, -0.2) is 5.90 Å². The van der Waals surface area contributed by atoms with Crippen LogP contribution in [-0.4, -0.2) is 30.5 Å². The SMILES string of the molecule is NOCC1CCN(C(=O)C2CCCCC2)C1. The van der Waals surface area contributed by atoms with E-state index in [1.165, 1.54) is 19.3 Å². The van der Waals surface area contributed by atoms with Crippen LogP contribution in [0.25, 0.3) is 0 Å². The van der Waals surface area contributed by atoms with E-state index < -0.39 is 0 Å². The van der Waals surface area contributed by atoms with Gasteiger partial charge >= 0.3 is 0 Å². The van der Waals surface area contributed by atoms with Gasteiger partial charge in [0.05, 0.1) is 6.61 Å². The molecule has 1 aliphatic carbocycles. The molecule has 2 N–H and O–H groups in total. The minimum absolute atomic E-state index is 0.297. The lowest BCUT2D eigenvalue weighted by atomic mass is 9.88. The molecule has 2 aliphatic rings. The summed E-state index contributed by atoms with van der Waals surface area (Å²) in [5.41, 5.74) is 0. The first kappa shape index (κ1) is 11.9. The number of carbonyl (C=O) groups is 1. The maximum absolute atomic E-state index is 12.2. The van der Waals surface area contributed by atoms with Gasteiger partial charge in [-0.1, -0.05) is 19.3 Å². The quantitative estimate of drug-likeness (QED) is 0.738. The van der Waals surface area contributed by atoms with Gasteiger partial charge < -0.3 is 9.74 Å². The molecule has 2 rings (SSSR count). The number of hydrogen-bond donors (Lipinski definition) is 1. The predicted molar refractivity (Wildman–Crippen MR) is 61.4 cm³/mol. The van der Waals surface area contributed by atoms with Crippen LogP contribution in [0, 0.1) is 11.8 Å². The molecule has 1 saturated heterocycles. The fourth-order valence-corrected chi connectivity index (χ4v) is 2.91. The summed E-state index contributed by atoms with van der Waals surface area (Å²) in [5.74, 6) is 6.18. The van der Waals surface area contributed by atoms with Crippen LogP contribution in [0.15, 0.2) is 0 Å². The highest BCUT2D eigenvalue weighted by Crippen LogP contribution is 2.27. The van der Waals surface area contributed by atoms with Gasteiger partial charge in [0.15, 0.2) is 0 Å². The van der Waals surface area contributed by atoms with Gasteiger partial charge in [-0.05, 0) is 19.3 Å². The van der Waals surface area contributed by atoms with Crippen LogP contribution in [0.4, 0.5) is 0 Å². The van der Waals surface area contributed by atoms with Crippen molar-refractivity contribution in [2.24, 2.45) is 17.7 Å². The van der Waals surface area contributed by atoms with Crippen LogP contribution in [-0.2, 0) is 9.63 Å². The van der Waals surface area contributed by atoms with E-state index in [-0.39, 0.29) is 0 Å². The Bertz CT molecular complexity index is 239. The van der Waals surface area contributed by atoms with Gasteiger partial charge in [0.25, 0.3) is 0 Å². The molecule has 0 aromatic carbocycles. The molecule has 0 bridgehead atoms. The van der Waals surface area contributed by atoms with Gasteiger partial charge in [0.2, 0.25) is 5.91 Å². The first-order chi connectivity index (χ1) is 7.81. The predicted octanol–water partition coefficient (Wildman–Crippen LogP) is 1.31. The fraction of sp³-hybridized carbons (Fsp3) is 0.917.